The van der Waals surface area contributed by atoms with Gasteiger partial charge in [-0.3, -0.25) is 4.79 Å². The topological polar surface area (TPSA) is 49.3 Å². The molecule has 94 valence electrons. The third-order valence-corrected chi connectivity index (χ3v) is 3.92. The highest BCUT2D eigenvalue weighted by molar-refractivity contribution is 5.73. The van der Waals surface area contributed by atoms with E-state index in [-0.39, 0.29) is 24.0 Å². The largest absolute Gasteiger partial charge is 0.393 e. The van der Waals surface area contributed by atoms with Gasteiger partial charge in [0.15, 0.2) is 0 Å². The van der Waals surface area contributed by atoms with Crippen molar-refractivity contribution in [2.24, 2.45) is 11.8 Å². The molecule has 1 rings (SSSR count). The van der Waals surface area contributed by atoms with E-state index in [1.54, 1.807) is 6.92 Å². The molecule has 0 saturated heterocycles. The smallest absolute Gasteiger partial charge is 0.217 e. The Hall–Kier alpha value is -0.570. The molecule has 0 bridgehead atoms. The van der Waals surface area contributed by atoms with Gasteiger partial charge in [-0.1, -0.05) is 33.1 Å². The Balaban J connectivity index is 2.72. The van der Waals surface area contributed by atoms with E-state index in [0.29, 0.717) is 5.92 Å². The first kappa shape index (κ1) is 13.5. The third-order valence-electron chi connectivity index (χ3n) is 3.92. The van der Waals surface area contributed by atoms with Crippen LogP contribution in [0.4, 0.5) is 0 Å². The molecule has 0 spiro atoms. The van der Waals surface area contributed by atoms with Gasteiger partial charge < -0.3 is 10.4 Å². The summed E-state index contributed by atoms with van der Waals surface area (Å²) in [6.07, 6.45) is 4.92. The normalized spacial score (nSPS) is 27.1. The SMILES string of the molecule is CCC(CC)C(NC(C)=O)C1CCCC1O. The van der Waals surface area contributed by atoms with Crippen molar-refractivity contribution in [1.29, 1.82) is 0 Å². The second-order valence-corrected chi connectivity index (χ2v) is 4.96. The van der Waals surface area contributed by atoms with Crippen molar-refractivity contribution < 1.29 is 9.90 Å². The van der Waals surface area contributed by atoms with Gasteiger partial charge in [0.05, 0.1) is 6.10 Å². The van der Waals surface area contributed by atoms with E-state index in [9.17, 15) is 9.90 Å². The van der Waals surface area contributed by atoms with Crippen molar-refractivity contribution in [3.63, 3.8) is 0 Å². The summed E-state index contributed by atoms with van der Waals surface area (Å²) in [5, 5.41) is 13.0. The minimum absolute atomic E-state index is 0.0241. The van der Waals surface area contributed by atoms with Gasteiger partial charge in [0.25, 0.3) is 0 Å². The Morgan fingerprint density at radius 1 is 1.38 bits per heavy atom. The maximum Gasteiger partial charge on any atom is 0.217 e. The van der Waals surface area contributed by atoms with Gasteiger partial charge in [-0.2, -0.15) is 0 Å². The molecule has 3 unspecified atom stereocenters. The molecule has 3 nitrogen and oxygen atoms in total. The maximum absolute atomic E-state index is 11.3. The molecule has 3 atom stereocenters. The summed E-state index contributed by atoms with van der Waals surface area (Å²) in [7, 11) is 0. The summed E-state index contributed by atoms with van der Waals surface area (Å²) in [6, 6.07) is 0.157. The number of aliphatic hydroxyl groups is 1. The van der Waals surface area contributed by atoms with Crippen molar-refractivity contribution in [1.82, 2.24) is 5.32 Å². The molecule has 0 aromatic heterocycles. The van der Waals surface area contributed by atoms with E-state index in [2.05, 4.69) is 19.2 Å². The molecule has 0 heterocycles. The zero-order valence-electron chi connectivity index (χ0n) is 10.7. The molecule has 0 radical (unpaired) electrons. The van der Waals surface area contributed by atoms with Crippen LogP contribution in [0.2, 0.25) is 0 Å². The second kappa shape index (κ2) is 6.24. The summed E-state index contributed by atoms with van der Waals surface area (Å²) in [5.41, 5.74) is 0. The van der Waals surface area contributed by atoms with Crippen molar-refractivity contribution in [2.75, 3.05) is 0 Å². The zero-order valence-corrected chi connectivity index (χ0v) is 10.7. The molecule has 1 saturated carbocycles. The average molecular weight is 227 g/mol. The number of aliphatic hydroxyl groups excluding tert-OH is 1. The summed E-state index contributed by atoms with van der Waals surface area (Å²) < 4.78 is 0. The van der Waals surface area contributed by atoms with E-state index in [1.807, 2.05) is 0 Å². The predicted molar refractivity (Wildman–Crippen MR) is 65.0 cm³/mol. The van der Waals surface area contributed by atoms with Gasteiger partial charge in [0.2, 0.25) is 5.91 Å². The summed E-state index contributed by atoms with van der Waals surface area (Å²) in [6.45, 7) is 5.88. The van der Waals surface area contributed by atoms with E-state index < -0.39 is 0 Å². The lowest BCUT2D eigenvalue weighted by Gasteiger charge is -2.33. The highest BCUT2D eigenvalue weighted by Gasteiger charge is 2.36. The molecule has 0 aromatic rings. The van der Waals surface area contributed by atoms with Crippen LogP contribution in [0.1, 0.15) is 52.9 Å². The van der Waals surface area contributed by atoms with Crippen molar-refractivity contribution in [3.05, 3.63) is 0 Å². The number of hydrogen-bond donors (Lipinski definition) is 2. The van der Waals surface area contributed by atoms with Crippen LogP contribution in [0.3, 0.4) is 0 Å². The lowest BCUT2D eigenvalue weighted by molar-refractivity contribution is -0.120. The average Bonchev–Trinajstić information content (AvgIpc) is 2.64. The van der Waals surface area contributed by atoms with Crippen molar-refractivity contribution in [2.45, 2.75) is 65.0 Å². The van der Waals surface area contributed by atoms with E-state index in [4.69, 9.17) is 0 Å². The molecular formula is C13H25NO2. The molecule has 1 aliphatic rings. The van der Waals surface area contributed by atoms with Gasteiger partial charge >= 0.3 is 0 Å². The third kappa shape index (κ3) is 3.21. The Bertz CT molecular complexity index is 226. The first-order valence-electron chi connectivity index (χ1n) is 6.55. The molecule has 3 heteroatoms. The minimum atomic E-state index is -0.225. The molecule has 1 aliphatic carbocycles. The lowest BCUT2D eigenvalue weighted by Crippen LogP contribution is -2.46. The zero-order chi connectivity index (χ0) is 12.1. The number of nitrogens with one attached hydrogen (secondary N) is 1. The molecule has 1 fully saturated rings. The van der Waals surface area contributed by atoms with Crippen LogP contribution in [0.15, 0.2) is 0 Å². The Labute approximate surface area is 98.6 Å². The highest BCUT2D eigenvalue weighted by Crippen LogP contribution is 2.33. The Morgan fingerprint density at radius 2 is 2.00 bits per heavy atom. The van der Waals surface area contributed by atoms with Crippen LogP contribution < -0.4 is 5.32 Å². The van der Waals surface area contributed by atoms with E-state index in [1.165, 1.54) is 0 Å². The summed E-state index contributed by atoms with van der Waals surface area (Å²) in [4.78, 5) is 11.3. The molecule has 0 aliphatic heterocycles. The monoisotopic (exact) mass is 227 g/mol. The number of hydrogen-bond acceptors (Lipinski definition) is 2. The number of amides is 1. The van der Waals surface area contributed by atoms with Gasteiger partial charge in [-0.25, -0.2) is 0 Å². The molecule has 1 amide bonds. The van der Waals surface area contributed by atoms with Crippen molar-refractivity contribution in [3.8, 4) is 0 Å². The van der Waals surface area contributed by atoms with Crippen LogP contribution >= 0.6 is 0 Å². The fraction of sp³-hybridized carbons (Fsp3) is 0.923. The quantitative estimate of drug-likeness (QED) is 0.755. The number of carbonyl (C=O) groups excluding carboxylic acids is 1. The molecule has 0 aromatic carbocycles. The minimum Gasteiger partial charge on any atom is -0.393 e. The first-order valence-corrected chi connectivity index (χ1v) is 6.55. The van der Waals surface area contributed by atoms with Crippen LogP contribution in [-0.4, -0.2) is 23.2 Å². The summed E-state index contributed by atoms with van der Waals surface area (Å²) in [5.74, 6) is 0.770. The van der Waals surface area contributed by atoms with Gasteiger partial charge in [0, 0.05) is 18.9 Å². The van der Waals surface area contributed by atoms with Gasteiger partial charge in [0.1, 0.15) is 0 Å². The van der Waals surface area contributed by atoms with Gasteiger partial charge in [-0.15, -0.1) is 0 Å². The molecule has 16 heavy (non-hydrogen) atoms. The van der Waals surface area contributed by atoms with Crippen molar-refractivity contribution >= 4 is 5.91 Å². The van der Waals surface area contributed by atoms with Gasteiger partial charge in [-0.05, 0) is 18.8 Å². The number of carbonyl (C=O) groups is 1. The van der Waals surface area contributed by atoms with Crippen LogP contribution in [0.5, 0.6) is 0 Å². The lowest BCUT2D eigenvalue weighted by atomic mass is 9.83. The van der Waals surface area contributed by atoms with Crippen LogP contribution in [-0.2, 0) is 4.79 Å². The Kier molecular flexibility index (Phi) is 5.26. The predicted octanol–water partition coefficient (Wildman–Crippen LogP) is 2.09. The second-order valence-electron chi connectivity index (χ2n) is 4.96. The van der Waals surface area contributed by atoms with Crippen LogP contribution in [0.25, 0.3) is 0 Å². The fourth-order valence-electron chi connectivity index (χ4n) is 2.99. The molecular weight excluding hydrogens is 202 g/mol. The highest BCUT2D eigenvalue weighted by atomic mass is 16.3. The Morgan fingerprint density at radius 3 is 2.38 bits per heavy atom. The van der Waals surface area contributed by atoms with Crippen LogP contribution in [0, 0.1) is 11.8 Å². The summed E-state index contributed by atoms with van der Waals surface area (Å²) >= 11 is 0. The van der Waals surface area contributed by atoms with E-state index in [0.717, 1.165) is 32.1 Å². The fourth-order valence-corrected chi connectivity index (χ4v) is 2.99. The molecule has 2 N–H and O–H groups in total. The standard InChI is InChI=1S/C13H25NO2/c1-4-10(5-2)13(14-9(3)15)11-7-6-8-12(11)16/h10-13,16H,4-8H2,1-3H3,(H,14,15). The van der Waals surface area contributed by atoms with E-state index >= 15 is 0 Å². The maximum atomic E-state index is 11.3. The first-order chi connectivity index (χ1) is 7.60. The number of rotatable bonds is 5.